The highest BCUT2D eigenvalue weighted by molar-refractivity contribution is 9.10. The standard InChI is InChI=1S/C15H21BrFN/c16-13-7-9-15(17)12(11-13)6-8-14-5-3-1-2-4-10-18-14/h7,9,11,14,18H,1-6,8,10H2. The lowest BCUT2D eigenvalue weighted by Crippen LogP contribution is -2.31. The fourth-order valence-electron chi connectivity index (χ4n) is 2.59. The molecule has 0 bridgehead atoms. The van der Waals surface area contributed by atoms with Gasteiger partial charge < -0.3 is 5.32 Å². The van der Waals surface area contributed by atoms with Gasteiger partial charge in [-0.1, -0.05) is 35.2 Å². The number of rotatable bonds is 3. The van der Waals surface area contributed by atoms with Gasteiger partial charge in [0.2, 0.25) is 0 Å². The van der Waals surface area contributed by atoms with Crippen LogP contribution in [0, 0.1) is 5.82 Å². The summed E-state index contributed by atoms with van der Waals surface area (Å²) in [4.78, 5) is 0. The van der Waals surface area contributed by atoms with Crippen molar-refractivity contribution in [3.8, 4) is 0 Å². The van der Waals surface area contributed by atoms with Crippen molar-refractivity contribution in [3.63, 3.8) is 0 Å². The van der Waals surface area contributed by atoms with E-state index >= 15 is 0 Å². The van der Waals surface area contributed by atoms with Crippen LogP contribution in [0.4, 0.5) is 4.39 Å². The van der Waals surface area contributed by atoms with E-state index in [1.165, 1.54) is 32.1 Å². The normalized spacial score (nSPS) is 21.3. The monoisotopic (exact) mass is 313 g/mol. The second-order valence-electron chi connectivity index (χ2n) is 5.13. The lowest BCUT2D eigenvalue weighted by atomic mass is 9.98. The van der Waals surface area contributed by atoms with Crippen molar-refractivity contribution in [1.82, 2.24) is 5.32 Å². The number of hydrogen-bond acceptors (Lipinski definition) is 1. The third kappa shape index (κ3) is 4.36. The summed E-state index contributed by atoms with van der Waals surface area (Å²) >= 11 is 3.40. The van der Waals surface area contributed by atoms with Gasteiger partial charge in [0.25, 0.3) is 0 Å². The molecule has 1 aromatic carbocycles. The summed E-state index contributed by atoms with van der Waals surface area (Å²) in [5, 5.41) is 3.59. The Bertz CT molecular complexity index is 373. The van der Waals surface area contributed by atoms with E-state index in [2.05, 4.69) is 21.2 Å². The Hall–Kier alpha value is -0.410. The zero-order valence-corrected chi connectivity index (χ0v) is 12.3. The van der Waals surface area contributed by atoms with Crippen LogP contribution in [-0.2, 0) is 6.42 Å². The molecule has 1 aromatic rings. The summed E-state index contributed by atoms with van der Waals surface area (Å²) in [6.07, 6.45) is 8.37. The molecule has 1 atom stereocenters. The molecule has 0 radical (unpaired) electrons. The molecule has 100 valence electrons. The quantitative estimate of drug-likeness (QED) is 0.869. The van der Waals surface area contributed by atoms with Crippen molar-refractivity contribution in [3.05, 3.63) is 34.1 Å². The summed E-state index contributed by atoms with van der Waals surface area (Å²) in [7, 11) is 0. The molecule has 1 saturated heterocycles. The minimum Gasteiger partial charge on any atom is -0.314 e. The fourth-order valence-corrected chi connectivity index (χ4v) is 3.00. The SMILES string of the molecule is Fc1ccc(Br)cc1CCC1CCCCCCN1. The van der Waals surface area contributed by atoms with Crippen molar-refractivity contribution >= 4 is 15.9 Å². The van der Waals surface area contributed by atoms with Crippen LogP contribution in [-0.4, -0.2) is 12.6 Å². The van der Waals surface area contributed by atoms with Crippen LogP contribution >= 0.6 is 15.9 Å². The molecule has 0 amide bonds. The fraction of sp³-hybridized carbons (Fsp3) is 0.600. The van der Waals surface area contributed by atoms with E-state index < -0.39 is 0 Å². The van der Waals surface area contributed by atoms with Crippen molar-refractivity contribution in [1.29, 1.82) is 0 Å². The Morgan fingerprint density at radius 3 is 2.94 bits per heavy atom. The topological polar surface area (TPSA) is 12.0 Å². The van der Waals surface area contributed by atoms with E-state index in [-0.39, 0.29) is 5.82 Å². The maximum atomic E-state index is 13.6. The first kappa shape index (κ1) is 14.0. The molecule has 3 heteroatoms. The van der Waals surface area contributed by atoms with Gasteiger partial charge in [0.15, 0.2) is 0 Å². The van der Waals surface area contributed by atoms with Gasteiger partial charge in [-0.25, -0.2) is 4.39 Å². The summed E-state index contributed by atoms with van der Waals surface area (Å²) in [6.45, 7) is 1.12. The Balaban J connectivity index is 1.87. The smallest absolute Gasteiger partial charge is 0.126 e. The molecule has 1 fully saturated rings. The van der Waals surface area contributed by atoms with Gasteiger partial charge in [0.1, 0.15) is 5.82 Å². The molecular formula is C15H21BrFN. The predicted molar refractivity (Wildman–Crippen MR) is 77.3 cm³/mol. The van der Waals surface area contributed by atoms with Crippen LogP contribution in [0.5, 0.6) is 0 Å². The Kier molecular flexibility index (Phi) is 5.64. The van der Waals surface area contributed by atoms with Crippen LogP contribution in [0.15, 0.2) is 22.7 Å². The number of halogens is 2. The molecule has 1 unspecified atom stereocenters. The molecule has 1 heterocycles. The molecule has 1 aliphatic rings. The number of hydrogen-bond donors (Lipinski definition) is 1. The molecule has 18 heavy (non-hydrogen) atoms. The van der Waals surface area contributed by atoms with Gasteiger partial charge >= 0.3 is 0 Å². The van der Waals surface area contributed by atoms with E-state index in [0.717, 1.165) is 29.4 Å². The minimum atomic E-state index is -0.0796. The van der Waals surface area contributed by atoms with E-state index in [0.29, 0.717) is 6.04 Å². The molecule has 0 aliphatic carbocycles. The summed E-state index contributed by atoms with van der Waals surface area (Å²) in [5.41, 5.74) is 0.827. The highest BCUT2D eigenvalue weighted by Gasteiger charge is 2.12. The van der Waals surface area contributed by atoms with Crippen molar-refractivity contribution in [2.45, 2.75) is 51.0 Å². The second kappa shape index (κ2) is 7.25. The summed E-state index contributed by atoms with van der Waals surface area (Å²) < 4.78 is 14.6. The van der Waals surface area contributed by atoms with Gasteiger partial charge in [-0.2, -0.15) is 0 Å². The minimum absolute atomic E-state index is 0.0796. The Morgan fingerprint density at radius 2 is 2.06 bits per heavy atom. The van der Waals surface area contributed by atoms with Gasteiger partial charge in [0, 0.05) is 10.5 Å². The molecule has 2 rings (SSSR count). The van der Waals surface area contributed by atoms with Gasteiger partial charge in [-0.15, -0.1) is 0 Å². The first-order valence-corrected chi connectivity index (χ1v) is 7.72. The molecule has 0 saturated carbocycles. The van der Waals surface area contributed by atoms with Crippen LogP contribution in [0.3, 0.4) is 0 Å². The highest BCUT2D eigenvalue weighted by atomic mass is 79.9. The molecule has 1 nitrogen and oxygen atoms in total. The summed E-state index contributed by atoms with van der Waals surface area (Å²) in [6, 6.07) is 5.76. The average Bonchev–Trinajstić information content (AvgIpc) is 2.32. The zero-order chi connectivity index (χ0) is 12.8. The van der Waals surface area contributed by atoms with E-state index in [9.17, 15) is 4.39 Å². The molecule has 0 spiro atoms. The van der Waals surface area contributed by atoms with Gasteiger partial charge in [-0.3, -0.25) is 0 Å². The first-order valence-electron chi connectivity index (χ1n) is 6.93. The summed E-state index contributed by atoms with van der Waals surface area (Å²) in [5.74, 6) is -0.0796. The van der Waals surface area contributed by atoms with Crippen LogP contribution in [0.2, 0.25) is 0 Å². The molecule has 1 aliphatic heterocycles. The third-order valence-corrected chi connectivity index (χ3v) is 4.18. The average molecular weight is 314 g/mol. The lowest BCUT2D eigenvalue weighted by Gasteiger charge is -2.21. The lowest BCUT2D eigenvalue weighted by molar-refractivity contribution is 0.397. The highest BCUT2D eigenvalue weighted by Crippen LogP contribution is 2.19. The Morgan fingerprint density at radius 1 is 1.22 bits per heavy atom. The maximum absolute atomic E-state index is 13.6. The van der Waals surface area contributed by atoms with Crippen LogP contribution in [0.25, 0.3) is 0 Å². The van der Waals surface area contributed by atoms with E-state index in [1.807, 2.05) is 6.07 Å². The Labute approximate surface area is 117 Å². The molecular weight excluding hydrogens is 293 g/mol. The van der Waals surface area contributed by atoms with Crippen LogP contribution < -0.4 is 5.32 Å². The van der Waals surface area contributed by atoms with E-state index in [4.69, 9.17) is 0 Å². The largest absolute Gasteiger partial charge is 0.314 e. The van der Waals surface area contributed by atoms with Crippen molar-refractivity contribution in [2.24, 2.45) is 0 Å². The van der Waals surface area contributed by atoms with Crippen molar-refractivity contribution < 1.29 is 4.39 Å². The first-order chi connectivity index (χ1) is 8.75. The number of nitrogens with one attached hydrogen (secondary N) is 1. The zero-order valence-electron chi connectivity index (χ0n) is 10.7. The van der Waals surface area contributed by atoms with Gasteiger partial charge in [0.05, 0.1) is 0 Å². The number of benzene rings is 1. The van der Waals surface area contributed by atoms with Crippen LogP contribution in [0.1, 0.15) is 44.1 Å². The maximum Gasteiger partial charge on any atom is 0.126 e. The third-order valence-electron chi connectivity index (χ3n) is 3.68. The second-order valence-corrected chi connectivity index (χ2v) is 6.04. The van der Waals surface area contributed by atoms with Gasteiger partial charge in [-0.05, 0) is 56.0 Å². The molecule has 1 N–H and O–H groups in total. The predicted octanol–water partition coefficient (Wildman–Crippen LogP) is 4.44. The van der Waals surface area contributed by atoms with E-state index in [1.54, 1.807) is 12.1 Å². The number of aryl methyl sites for hydroxylation is 1. The molecule has 0 aromatic heterocycles. The van der Waals surface area contributed by atoms with Crippen molar-refractivity contribution in [2.75, 3.05) is 6.54 Å².